The van der Waals surface area contributed by atoms with Crippen molar-refractivity contribution in [1.29, 1.82) is 0 Å². The van der Waals surface area contributed by atoms with Crippen LogP contribution < -0.4 is 11.5 Å². The minimum absolute atomic E-state index is 0.356. The van der Waals surface area contributed by atoms with Gasteiger partial charge in [-0.1, -0.05) is 11.2 Å². The van der Waals surface area contributed by atoms with Crippen LogP contribution >= 0.6 is 0 Å². The lowest BCUT2D eigenvalue weighted by molar-refractivity contribution is 0.100. The van der Waals surface area contributed by atoms with Crippen molar-refractivity contribution in [1.82, 2.24) is 10.1 Å². The first kappa shape index (κ1) is 11.9. The van der Waals surface area contributed by atoms with Crippen LogP contribution in [0.4, 0.5) is 0 Å². The maximum Gasteiger partial charge on any atom is 0.258 e. The lowest BCUT2D eigenvalue weighted by atomic mass is 9.77. The maximum absolute atomic E-state index is 11.1. The van der Waals surface area contributed by atoms with E-state index >= 15 is 0 Å². The monoisotopic (exact) mass is 258 g/mol. The number of nitrogens with two attached hydrogens (primary N) is 2. The van der Waals surface area contributed by atoms with Crippen LogP contribution in [0.25, 0.3) is 11.5 Å². The largest absolute Gasteiger partial charge is 0.366 e. The lowest BCUT2D eigenvalue weighted by Crippen LogP contribution is -2.44. The average molecular weight is 258 g/mol. The SMILES string of the molecule is NC(=O)c1cccc(-c2nc(C3(N)CCC3)no2)c1. The van der Waals surface area contributed by atoms with Crippen molar-refractivity contribution in [2.45, 2.75) is 24.8 Å². The molecule has 2 aromatic rings. The molecule has 6 nitrogen and oxygen atoms in total. The first-order chi connectivity index (χ1) is 9.08. The molecule has 1 aromatic heterocycles. The van der Waals surface area contributed by atoms with Gasteiger partial charge in [0.1, 0.15) is 0 Å². The van der Waals surface area contributed by atoms with Crippen LogP contribution in [0.15, 0.2) is 28.8 Å². The summed E-state index contributed by atoms with van der Waals surface area (Å²) in [6.07, 6.45) is 2.82. The number of rotatable bonds is 3. The van der Waals surface area contributed by atoms with Crippen LogP contribution in [-0.4, -0.2) is 16.0 Å². The van der Waals surface area contributed by atoms with Crippen LogP contribution in [0.2, 0.25) is 0 Å². The van der Waals surface area contributed by atoms with E-state index in [4.69, 9.17) is 16.0 Å². The second-order valence-electron chi connectivity index (χ2n) is 4.88. The third-order valence-corrected chi connectivity index (χ3v) is 3.51. The van der Waals surface area contributed by atoms with Crippen molar-refractivity contribution in [2.24, 2.45) is 11.5 Å². The van der Waals surface area contributed by atoms with E-state index in [1.165, 1.54) is 0 Å². The highest BCUT2D eigenvalue weighted by Gasteiger charge is 2.39. The molecule has 1 amide bonds. The molecule has 0 atom stereocenters. The first-order valence-corrected chi connectivity index (χ1v) is 6.12. The van der Waals surface area contributed by atoms with Gasteiger partial charge >= 0.3 is 0 Å². The minimum atomic E-state index is -0.490. The predicted octanol–water partition coefficient (Wildman–Crippen LogP) is 1.17. The summed E-state index contributed by atoms with van der Waals surface area (Å²) in [6, 6.07) is 6.78. The van der Waals surface area contributed by atoms with Crippen molar-refractivity contribution in [3.05, 3.63) is 35.7 Å². The topological polar surface area (TPSA) is 108 Å². The van der Waals surface area contributed by atoms with Crippen LogP contribution in [0.1, 0.15) is 35.4 Å². The van der Waals surface area contributed by atoms with Crippen molar-refractivity contribution in [3.63, 3.8) is 0 Å². The molecule has 1 fully saturated rings. The number of primary amides is 1. The normalized spacial score (nSPS) is 16.9. The van der Waals surface area contributed by atoms with Gasteiger partial charge in [0.2, 0.25) is 5.91 Å². The molecule has 0 spiro atoms. The van der Waals surface area contributed by atoms with Gasteiger partial charge in [-0.05, 0) is 37.5 Å². The fourth-order valence-corrected chi connectivity index (χ4v) is 2.13. The zero-order chi connectivity index (χ0) is 13.5. The molecular weight excluding hydrogens is 244 g/mol. The fraction of sp³-hybridized carbons (Fsp3) is 0.308. The summed E-state index contributed by atoms with van der Waals surface area (Å²) < 4.78 is 5.21. The number of hydrogen-bond acceptors (Lipinski definition) is 5. The molecule has 1 aromatic carbocycles. The fourth-order valence-electron chi connectivity index (χ4n) is 2.13. The minimum Gasteiger partial charge on any atom is -0.366 e. The second-order valence-corrected chi connectivity index (χ2v) is 4.88. The summed E-state index contributed by atoms with van der Waals surface area (Å²) in [4.78, 5) is 15.5. The van der Waals surface area contributed by atoms with Gasteiger partial charge in [0.15, 0.2) is 5.82 Å². The number of benzene rings is 1. The summed E-state index contributed by atoms with van der Waals surface area (Å²) >= 11 is 0. The highest BCUT2D eigenvalue weighted by molar-refractivity contribution is 5.93. The quantitative estimate of drug-likeness (QED) is 0.859. The molecule has 6 heteroatoms. The second kappa shape index (κ2) is 4.17. The molecule has 0 saturated heterocycles. The van der Waals surface area contributed by atoms with E-state index in [9.17, 15) is 4.79 Å². The van der Waals surface area contributed by atoms with E-state index in [0.29, 0.717) is 22.8 Å². The third-order valence-electron chi connectivity index (χ3n) is 3.51. The lowest BCUT2D eigenvalue weighted by Gasteiger charge is -2.34. The summed E-state index contributed by atoms with van der Waals surface area (Å²) in [6.45, 7) is 0. The summed E-state index contributed by atoms with van der Waals surface area (Å²) in [5.41, 5.74) is 12.0. The highest BCUT2D eigenvalue weighted by atomic mass is 16.5. The molecule has 1 aliphatic carbocycles. The standard InChI is InChI=1S/C13H14N4O2/c14-10(18)8-3-1-4-9(7-8)11-16-12(17-19-11)13(15)5-2-6-13/h1,3-4,7H,2,5-6,15H2,(H2,14,18). The molecule has 0 radical (unpaired) electrons. The molecule has 98 valence electrons. The van der Waals surface area contributed by atoms with Gasteiger partial charge in [-0.15, -0.1) is 0 Å². The smallest absolute Gasteiger partial charge is 0.258 e. The van der Waals surface area contributed by atoms with Gasteiger partial charge in [-0.2, -0.15) is 4.98 Å². The Morgan fingerprint density at radius 1 is 1.37 bits per heavy atom. The number of hydrogen-bond donors (Lipinski definition) is 2. The Bertz CT molecular complexity index is 631. The van der Waals surface area contributed by atoms with Gasteiger partial charge in [0.25, 0.3) is 5.89 Å². The molecule has 0 unspecified atom stereocenters. The van der Waals surface area contributed by atoms with Crippen LogP contribution in [0.5, 0.6) is 0 Å². The number of carbonyl (C=O) groups is 1. The molecule has 1 aliphatic rings. The van der Waals surface area contributed by atoms with Gasteiger partial charge in [0.05, 0.1) is 5.54 Å². The average Bonchev–Trinajstić information content (AvgIpc) is 2.86. The van der Waals surface area contributed by atoms with E-state index in [-0.39, 0.29) is 0 Å². The Morgan fingerprint density at radius 3 is 2.79 bits per heavy atom. The number of amides is 1. The third kappa shape index (κ3) is 2.00. The van der Waals surface area contributed by atoms with E-state index in [1.54, 1.807) is 24.3 Å². The van der Waals surface area contributed by atoms with Crippen LogP contribution in [-0.2, 0) is 5.54 Å². The predicted molar refractivity (Wildman–Crippen MR) is 68.0 cm³/mol. The number of aromatic nitrogens is 2. The molecule has 0 bridgehead atoms. The maximum atomic E-state index is 11.1. The summed E-state index contributed by atoms with van der Waals surface area (Å²) in [5.74, 6) is 0.393. The van der Waals surface area contributed by atoms with E-state index < -0.39 is 11.4 Å². The molecule has 3 rings (SSSR count). The van der Waals surface area contributed by atoms with Gasteiger partial charge < -0.3 is 16.0 Å². The van der Waals surface area contributed by atoms with Crippen molar-refractivity contribution >= 4 is 5.91 Å². The highest BCUT2D eigenvalue weighted by Crippen LogP contribution is 2.37. The molecule has 1 saturated carbocycles. The van der Waals surface area contributed by atoms with Gasteiger partial charge in [-0.3, -0.25) is 4.79 Å². The Kier molecular flexibility index (Phi) is 2.60. The van der Waals surface area contributed by atoms with Crippen LogP contribution in [0.3, 0.4) is 0 Å². The van der Waals surface area contributed by atoms with Gasteiger partial charge in [-0.25, -0.2) is 0 Å². The molecule has 19 heavy (non-hydrogen) atoms. The molecule has 4 N–H and O–H groups in total. The Hall–Kier alpha value is -2.21. The van der Waals surface area contributed by atoms with E-state index in [1.807, 2.05) is 0 Å². The van der Waals surface area contributed by atoms with Crippen molar-refractivity contribution in [3.8, 4) is 11.5 Å². The summed E-state index contributed by atoms with van der Waals surface area (Å²) in [5, 5.41) is 3.93. The van der Waals surface area contributed by atoms with Gasteiger partial charge in [0, 0.05) is 11.1 Å². The molecule has 0 aliphatic heterocycles. The van der Waals surface area contributed by atoms with Crippen molar-refractivity contribution < 1.29 is 9.32 Å². The summed E-state index contributed by atoms with van der Waals surface area (Å²) in [7, 11) is 0. The first-order valence-electron chi connectivity index (χ1n) is 6.12. The van der Waals surface area contributed by atoms with E-state index in [0.717, 1.165) is 19.3 Å². The number of carbonyl (C=O) groups excluding carboxylic acids is 1. The Labute approximate surface area is 109 Å². The molecular formula is C13H14N4O2. The number of nitrogens with zero attached hydrogens (tertiary/aromatic N) is 2. The Balaban J connectivity index is 1.94. The van der Waals surface area contributed by atoms with E-state index in [2.05, 4.69) is 10.1 Å². The van der Waals surface area contributed by atoms with Crippen LogP contribution in [0, 0.1) is 0 Å². The zero-order valence-corrected chi connectivity index (χ0v) is 10.3. The Morgan fingerprint density at radius 2 is 2.16 bits per heavy atom. The van der Waals surface area contributed by atoms with Crippen molar-refractivity contribution in [2.75, 3.05) is 0 Å². The molecule has 1 heterocycles. The zero-order valence-electron chi connectivity index (χ0n) is 10.3.